The minimum Gasteiger partial charge on any atom is -0.0622 e. The van der Waals surface area contributed by atoms with Crippen molar-refractivity contribution < 1.29 is 0 Å². The highest BCUT2D eigenvalue weighted by molar-refractivity contribution is 5.94. The first-order valence-corrected chi connectivity index (χ1v) is 8.17. The number of hydrogen-bond donors (Lipinski definition) is 0. The molecule has 112 valence electrons. The molecule has 0 bridgehead atoms. The second-order valence-electron chi connectivity index (χ2n) is 6.47. The van der Waals surface area contributed by atoms with Crippen molar-refractivity contribution in [1.29, 1.82) is 0 Å². The van der Waals surface area contributed by atoms with Crippen molar-refractivity contribution in [3.63, 3.8) is 0 Å². The summed E-state index contributed by atoms with van der Waals surface area (Å²) in [5.41, 5.74) is 10.9. The smallest absolute Gasteiger partial charge is 0.00135 e. The minimum atomic E-state index is 1.03. The fourth-order valence-corrected chi connectivity index (χ4v) is 3.59. The molecular formula is C23H20. The first-order chi connectivity index (χ1) is 11.2. The fraction of sp³-hybridized carbons (Fsp3) is 0.130. The predicted molar refractivity (Wildman–Crippen MR) is 99.4 cm³/mol. The molecule has 1 aliphatic carbocycles. The van der Waals surface area contributed by atoms with Gasteiger partial charge in [-0.3, -0.25) is 0 Å². The van der Waals surface area contributed by atoms with E-state index in [0.29, 0.717) is 0 Å². The topological polar surface area (TPSA) is 0 Å². The molecule has 0 saturated heterocycles. The number of benzene rings is 3. The highest BCUT2D eigenvalue weighted by atomic mass is 14.2. The van der Waals surface area contributed by atoms with Gasteiger partial charge in [-0.05, 0) is 59.7 Å². The maximum absolute atomic E-state index is 2.37. The summed E-state index contributed by atoms with van der Waals surface area (Å²) < 4.78 is 0. The van der Waals surface area contributed by atoms with E-state index in [0.717, 1.165) is 6.42 Å². The van der Waals surface area contributed by atoms with Crippen molar-refractivity contribution in [2.45, 2.75) is 20.3 Å². The van der Waals surface area contributed by atoms with Gasteiger partial charge in [-0.15, -0.1) is 0 Å². The number of fused-ring (bicyclic) bond motifs is 1. The molecule has 3 aromatic rings. The molecule has 0 N–H and O–H groups in total. The number of rotatable bonds is 2. The third kappa shape index (κ3) is 2.61. The van der Waals surface area contributed by atoms with E-state index in [-0.39, 0.29) is 0 Å². The van der Waals surface area contributed by atoms with Crippen LogP contribution in [0.2, 0.25) is 0 Å². The first-order valence-electron chi connectivity index (χ1n) is 8.17. The molecule has 0 saturated carbocycles. The van der Waals surface area contributed by atoms with Gasteiger partial charge in [0.1, 0.15) is 0 Å². The number of allylic oxidation sites excluding steroid dienone is 1. The summed E-state index contributed by atoms with van der Waals surface area (Å²) in [6.45, 7) is 4.34. The van der Waals surface area contributed by atoms with E-state index in [4.69, 9.17) is 0 Å². The molecule has 0 radical (unpaired) electrons. The molecule has 0 heteroatoms. The summed E-state index contributed by atoms with van der Waals surface area (Å²) in [6.07, 6.45) is 3.40. The van der Waals surface area contributed by atoms with E-state index in [2.05, 4.69) is 86.7 Å². The predicted octanol–water partition coefficient (Wildman–Crippen LogP) is 6.07. The highest BCUT2D eigenvalue weighted by Crippen LogP contribution is 2.37. The zero-order valence-corrected chi connectivity index (χ0v) is 13.6. The van der Waals surface area contributed by atoms with E-state index in [1.165, 1.54) is 44.5 Å². The SMILES string of the molecule is Cc1cc(C)cc(-c2cccc3c2C=C(c2ccccc2)C3)c1. The quantitative estimate of drug-likeness (QED) is 0.538. The van der Waals surface area contributed by atoms with E-state index >= 15 is 0 Å². The van der Waals surface area contributed by atoms with Crippen molar-refractivity contribution in [2.24, 2.45) is 0 Å². The molecule has 0 nitrogen and oxygen atoms in total. The van der Waals surface area contributed by atoms with Gasteiger partial charge in [-0.2, -0.15) is 0 Å². The maximum atomic E-state index is 2.37. The van der Waals surface area contributed by atoms with Crippen LogP contribution in [-0.4, -0.2) is 0 Å². The molecule has 1 aliphatic rings. The number of aryl methyl sites for hydroxylation is 2. The third-order valence-electron chi connectivity index (χ3n) is 4.57. The van der Waals surface area contributed by atoms with Gasteiger partial charge in [0, 0.05) is 0 Å². The van der Waals surface area contributed by atoms with Crippen LogP contribution in [0.1, 0.15) is 27.8 Å². The Hall–Kier alpha value is -2.60. The summed E-state index contributed by atoms with van der Waals surface area (Å²) in [7, 11) is 0. The third-order valence-corrected chi connectivity index (χ3v) is 4.57. The Bertz CT molecular complexity index is 878. The molecule has 23 heavy (non-hydrogen) atoms. The summed E-state index contributed by atoms with van der Waals surface area (Å²) in [5, 5.41) is 0. The average Bonchev–Trinajstić information content (AvgIpc) is 2.99. The lowest BCUT2D eigenvalue weighted by Crippen LogP contribution is -1.89. The van der Waals surface area contributed by atoms with Crippen LogP contribution < -0.4 is 0 Å². The van der Waals surface area contributed by atoms with Crippen molar-refractivity contribution in [3.05, 3.63) is 94.5 Å². The van der Waals surface area contributed by atoms with Gasteiger partial charge in [0.2, 0.25) is 0 Å². The zero-order chi connectivity index (χ0) is 15.8. The molecule has 0 spiro atoms. The van der Waals surface area contributed by atoms with Gasteiger partial charge < -0.3 is 0 Å². The van der Waals surface area contributed by atoms with Gasteiger partial charge >= 0.3 is 0 Å². The van der Waals surface area contributed by atoms with Crippen LogP contribution in [0, 0.1) is 13.8 Å². The molecule has 0 atom stereocenters. The summed E-state index contributed by atoms with van der Waals surface area (Å²) in [6, 6.07) is 24.2. The van der Waals surface area contributed by atoms with Gasteiger partial charge in [0.05, 0.1) is 0 Å². The Kier molecular flexibility index (Phi) is 3.38. The van der Waals surface area contributed by atoms with E-state index < -0.39 is 0 Å². The molecule has 0 heterocycles. The lowest BCUT2D eigenvalue weighted by atomic mass is 9.95. The average molecular weight is 296 g/mol. The largest absolute Gasteiger partial charge is 0.0622 e. The van der Waals surface area contributed by atoms with Crippen molar-refractivity contribution in [3.8, 4) is 11.1 Å². The van der Waals surface area contributed by atoms with E-state index in [9.17, 15) is 0 Å². The maximum Gasteiger partial charge on any atom is -0.00135 e. The summed E-state index contributed by atoms with van der Waals surface area (Å²) in [5.74, 6) is 0. The second-order valence-corrected chi connectivity index (χ2v) is 6.47. The molecule has 4 rings (SSSR count). The van der Waals surface area contributed by atoms with Crippen LogP contribution in [-0.2, 0) is 6.42 Å². The Balaban J connectivity index is 1.84. The van der Waals surface area contributed by atoms with Crippen LogP contribution in [0.15, 0.2) is 66.7 Å². The fourth-order valence-electron chi connectivity index (χ4n) is 3.59. The normalized spacial score (nSPS) is 12.9. The highest BCUT2D eigenvalue weighted by Gasteiger charge is 2.17. The zero-order valence-electron chi connectivity index (χ0n) is 13.6. The van der Waals surface area contributed by atoms with Crippen molar-refractivity contribution >= 4 is 11.6 Å². The Labute approximate surface area is 138 Å². The first kappa shape index (κ1) is 14.0. The van der Waals surface area contributed by atoms with Gasteiger partial charge in [0.25, 0.3) is 0 Å². The lowest BCUT2D eigenvalue weighted by Gasteiger charge is -2.10. The number of hydrogen-bond acceptors (Lipinski definition) is 0. The minimum absolute atomic E-state index is 1.03. The molecule has 0 amide bonds. The molecule has 0 fully saturated rings. The summed E-state index contributed by atoms with van der Waals surface area (Å²) in [4.78, 5) is 0. The molecule has 0 unspecified atom stereocenters. The van der Waals surface area contributed by atoms with Crippen LogP contribution in [0.5, 0.6) is 0 Å². The Morgan fingerprint density at radius 3 is 2.17 bits per heavy atom. The Morgan fingerprint density at radius 2 is 1.43 bits per heavy atom. The van der Waals surface area contributed by atoms with Crippen LogP contribution in [0.25, 0.3) is 22.8 Å². The van der Waals surface area contributed by atoms with Crippen LogP contribution in [0.3, 0.4) is 0 Å². The molecule has 3 aromatic carbocycles. The van der Waals surface area contributed by atoms with Gasteiger partial charge in [0.15, 0.2) is 0 Å². The van der Waals surface area contributed by atoms with E-state index in [1.54, 1.807) is 0 Å². The van der Waals surface area contributed by atoms with Crippen molar-refractivity contribution in [2.75, 3.05) is 0 Å². The molecular weight excluding hydrogens is 276 g/mol. The molecule has 0 aromatic heterocycles. The van der Waals surface area contributed by atoms with Crippen LogP contribution in [0.4, 0.5) is 0 Å². The molecule has 0 aliphatic heterocycles. The monoisotopic (exact) mass is 296 g/mol. The van der Waals surface area contributed by atoms with Gasteiger partial charge in [-0.1, -0.05) is 77.9 Å². The van der Waals surface area contributed by atoms with Crippen molar-refractivity contribution in [1.82, 2.24) is 0 Å². The Morgan fingerprint density at radius 1 is 0.696 bits per heavy atom. The van der Waals surface area contributed by atoms with E-state index in [1.807, 2.05) is 0 Å². The summed E-state index contributed by atoms with van der Waals surface area (Å²) >= 11 is 0. The lowest BCUT2D eigenvalue weighted by molar-refractivity contribution is 1.31. The standard InChI is InChI=1S/C23H20/c1-16-11-17(2)13-21(12-16)22-10-6-9-19-14-20(15-23(19)22)18-7-4-3-5-8-18/h3-13,15H,14H2,1-2H3. The second kappa shape index (κ2) is 5.55. The van der Waals surface area contributed by atoms with Gasteiger partial charge in [-0.25, -0.2) is 0 Å². The van der Waals surface area contributed by atoms with Crippen LogP contribution >= 0.6 is 0 Å².